The van der Waals surface area contributed by atoms with Crippen molar-refractivity contribution in [3.05, 3.63) is 39.4 Å². The minimum absolute atomic E-state index is 0.00758. The maximum atomic E-state index is 12.0. The summed E-state index contributed by atoms with van der Waals surface area (Å²) in [6.07, 6.45) is 1.69. The summed E-state index contributed by atoms with van der Waals surface area (Å²) >= 11 is 0. The molecule has 7 nitrogen and oxygen atoms in total. The fourth-order valence-electron chi connectivity index (χ4n) is 2.18. The molecule has 1 amide bonds. The molecule has 7 heteroatoms. The zero-order valence-electron chi connectivity index (χ0n) is 12.1. The number of rotatable bonds is 3. The first-order valence-electron chi connectivity index (χ1n) is 6.76. The molecule has 1 heterocycles. The van der Waals surface area contributed by atoms with E-state index in [1.165, 1.54) is 18.2 Å². The molecular formula is C14H18N4O3. The van der Waals surface area contributed by atoms with E-state index in [1.54, 1.807) is 6.92 Å². The summed E-state index contributed by atoms with van der Waals surface area (Å²) in [5.74, 6) is -0.348. The highest BCUT2D eigenvalue weighted by Gasteiger charge is 2.15. The number of hydrogen-bond acceptors (Lipinski definition) is 5. The first kappa shape index (κ1) is 15.1. The van der Waals surface area contributed by atoms with Gasteiger partial charge in [-0.25, -0.2) is 5.43 Å². The molecule has 0 bridgehead atoms. The van der Waals surface area contributed by atoms with E-state index in [4.69, 9.17) is 0 Å². The van der Waals surface area contributed by atoms with Gasteiger partial charge in [0.1, 0.15) is 0 Å². The van der Waals surface area contributed by atoms with Gasteiger partial charge < -0.3 is 4.90 Å². The third-order valence-electron chi connectivity index (χ3n) is 3.54. The van der Waals surface area contributed by atoms with Crippen LogP contribution in [0.3, 0.4) is 0 Å². The number of carbonyl (C=O) groups is 1. The van der Waals surface area contributed by atoms with Gasteiger partial charge in [-0.3, -0.25) is 14.9 Å². The van der Waals surface area contributed by atoms with Gasteiger partial charge in [0.15, 0.2) is 0 Å². The second-order valence-corrected chi connectivity index (χ2v) is 5.18. The number of nitrogens with zero attached hydrogens (tertiary/aromatic N) is 3. The van der Waals surface area contributed by atoms with E-state index in [1.807, 2.05) is 0 Å². The molecule has 0 aliphatic carbocycles. The number of hydrazone groups is 1. The number of piperidine rings is 1. The van der Waals surface area contributed by atoms with E-state index >= 15 is 0 Å². The quantitative estimate of drug-likeness (QED) is 0.678. The summed E-state index contributed by atoms with van der Waals surface area (Å²) in [5.41, 5.74) is 4.33. The third kappa shape index (κ3) is 3.85. The van der Waals surface area contributed by atoms with Gasteiger partial charge in [0.05, 0.1) is 4.92 Å². The molecule has 0 saturated carbocycles. The van der Waals surface area contributed by atoms with Crippen molar-refractivity contribution in [1.29, 1.82) is 0 Å². The van der Waals surface area contributed by atoms with Crippen LogP contribution in [0.25, 0.3) is 0 Å². The molecule has 2 rings (SSSR count). The predicted octanol–water partition coefficient (Wildman–Crippen LogP) is 1.71. The lowest BCUT2D eigenvalue weighted by Gasteiger charge is -2.22. The largest absolute Gasteiger partial charge is 0.306 e. The van der Waals surface area contributed by atoms with Gasteiger partial charge in [-0.2, -0.15) is 5.10 Å². The molecule has 112 valence electrons. The van der Waals surface area contributed by atoms with Crippen LogP contribution in [0.4, 0.5) is 5.69 Å². The Hall–Kier alpha value is -2.28. The number of carbonyl (C=O) groups excluding carboxylic acids is 1. The zero-order chi connectivity index (χ0) is 15.4. The Morgan fingerprint density at radius 1 is 1.38 bits per heavy atom. The van der Waals surface area contributed by atoms with Gasteiger partial charge in [0.2, 0.25) is 0 Å². The summed E-state index contributed by atoms with van der Waals surface area (Å²) in [5, 5.41) is 14.9. The molecular weight excluding hydrogens is 272 g/mol. The van der Waals surface area contributed by atoms with Crippen molar-refractivity contribution in [1.82, 2.24) is 10.3 Å². The number of nitrogens with one attached hydrogen (secondary N) is 1. The molecule has 0 unspecified atom stereocenters. The number of nitro groups is 1. The topological polar surface area (TPSA) is 87.8 Å². The number of hydrogen-bond donors (Lipinski definition) is 1. The number of aryl methyl sites for hydroxylation is 1. The molecule has 0 spiro atoms. The number of nitro benzene ring substituents is 1. The standard InChI is InChI=1S/C14H18N4O3/c1-10-9-11(3-4-13(10)18(20)21)14(19)16-15-12-5-7-17(2)8-6-12/h3-4,9H,5-8H2,1-2H3,(H,16,19). The summed E-state index contributed by atoms with van der Waals surface area (Å²) in [4.78, 5) is 24.5. The lowest BCUT2D eigenvalue weighted by molar-refractivity contribution is -0.385. The normalized spacial score (nSPS) is 15.6. The summed E-state index contributed by atoms with van der Waals surface area (Å²) in [6, 6.07) is 4.28. The smallest absolute Gasteiger partial charge is 0.272 e. The first-order chi connectivity index (χ1) is 9.97. The molecule has 0 radical (unpaired) electrons. The van der Waals surface area contributed by atoms with E-state index in [0.29, 0.717) is 11.1 Å². The van der Waals surface area contributed by atoms with Crippen molar-refractivity contribution in [2.24, 2.45) is 5.10 Å². The summed E-state index contributed by atoms with van der Waals surface area (Å²) < 4.78 is 0. The molecule has 1 N–H and O–H groups in total. The minimum Gasteiger partial charge on any atom is -0.306 e. The Morgan fingerprint density at radius 2 is 2.05 bits per heavy atom. The molecule has 0 aromatic heterocycles. The van der Waals surface area contributed by atoms with Gasteiger partial charge in [-0.15, -0.1) is 0 Å². The SMILES string of the molecule is Cc1cc(C(=O)NN=C2CCN(C)CC2)ccc1[N+](=O)[O-]. The van der Waals surface area contributed by atoms with Gasteiger partial charge in [-0.05, 0) is 26.1 Å². The van der Waals surface area contributed by atoms with Gasteiger partial charge in [0.25, 0.3) is 11.6 Å². The average Bonchev–Trinajstić information content (AvgIpc) is 2.45. The van der Waals surface area contributed by atoms with Gasteiger partial charge in [-0.1, -0.05) is 0 Å². The van der Waals surface area contributed by atoms with Gasteiger partial charge in [0, 0.05) is 48.8 Å². The fourth-order valence-corrected chi connectivity index (χ4v) is 2.18. The van der Waals surface area contributed by atoms with Crippen LogP contribution in [-0.2, 0) is 0 Å². The average molecular weight is 290 g/mol. The molecule has 0 atom stereocenters. The van der Waals surface area contributed by atoms with Crippen LogP contribution in [0.15, 0.2) is 23.3 Å². The van der Waals surface area contributed by atoms with E-state index in [0.717, 1.165) is 31.6 Å². The molecule has 1 aromatic carbocycles. The van der Waals surface area contributed by atoms with Crippen LogP contribution in [0.5, 0.6) is 0 Å². The van der Waals surface area contributed by atoms with Gasteiger partial charge >= 0.3 is 0 Å². The number of benzene rings is 1. The summed E-state index contributed by atoms with van der Waals surface area (Å²) in [6.45, 7) is 3.48. The lowest BCUT2D eigenvalue weighted by Crippen LogP contribution is -2.32. The molecule has 1 aromatic rings. The minimum atomic E-state index is -0.463. The Labute approximate surface area is 122 Å². The highest BCUT2D eigenvalue weighted by molar-refractivity contribution is 5.96. The van der Waals surface area contributed by atoms with Crippen LogP contribution in [0, 0.1) is 17.0 Å². The fraction of sp³-hybridized carbons (Fsp3) is 0.429. The number of likely N-dealkylation sites (tertiary alicyclic amines) is 1. The van der Waals surface area contributed by atoms with E-state index in [2.05, 4.69) is 22.5 Å². The Bertz CT molecular complexity index is 588. The molecule has 1 aliphatic heterocycles. The Balaban J connectivity index is 2.02. The van der Waals surface area contributed by atoms with Crippen molar-refractivity contribution < 1.29 is 9.72 Å². The molecule has 1 fully saturated rings. The highest BCUT2D eigenvalue weighted by atomic mass is 16.6. The zero-order valence-corrected chi connectivity index (χ0v) is 12.1. The van der Waals surface area contributed by atoms with Crippen LogP contribution in [0.2, 0.25) is 0 Å². The van der Waals surface area contributed by atoms with Crippen molar-refractivity contribution in [3.63, 3.8) is 0 Å². The van der Waals surface area contributed by atoms with Crippen molar-refractivity contribution in [2.45, 2.75) is 19.8 Å². The van der Waals surface area contributed by atoms with Crippen molar-refractivity contribution in [3.8, 4) is 0 Å². The van der Waals surface area contributed by atoms with Crippen molar-refractivity contribution >= 4 is 17.3 Å². The first-order valence-corrected chi connectivity index (χ1v) is 6.76. The Kier molecular flexibility index (Phi) is 4.64. The van der Waals surface area contributed by atoms with Crippen molar-refractivity contribution in [2.75, 3.05) is 20.1 Å². The second kappa shape index (κ2) is 6.45. The maximum absolute atomic E-state index is 12.0. The monoisotopic (exact) mass is 290 g/mol. The van der Waals surface area contributed by atoms with E-state index in [-0.39, 0.29) is 11.6 Å². The van der Waals surface area contributed by atoms with Crippen LogP contribution < -0.4 is 5.43 Å². The van der Waals surface area contributed by atoms with Crippen LogP contribution in [-0.4, -0.2) is 41.6 Å². The summed E-state index contributed by atoms with van der Waals surface area (Å²) in [7, 11) is 2.05. The van der Waals surface area contributed by atoms with E-state index < -0.39 is 4.92 Å². The Morgan fingerprint density at radius 3 is 2.62 bits per heavy atom. The molecule has 1 saturated heterocycles. The van der Waals surface area contributed by atoms with E-state index in [9.17, 15) is 14.9 Å². The maximum Gasteiger partial charge on any atom is 0.272 e. The molecule has 1 aliphatic rings. The highest BCUT2D eigenvalue weighted by Crippen LogP contribution is 2.18. The molecule has 21 heavy (non-hydrogen) atoms. The lowest BCUT2D eigenvalue weighted by atomic mass is 10.1. The van der Waals surface area contributed by atoms with Crippen LogP contribution >= 0.6 is 0 Å². The third-order valence-corrected chi connectivity index (χ3v) is 3.54. The van der Waals surface area contributed by atoms with Crippen LogP contribution in [0.1, 0.15) is 28.8 Å². The predicted molar refractivity (Wildman–Crippen MR) is 79.5 cm³/mol. The number of amides is 1. The second-order valence-electron chi connectivity index (χ2n) is 5.18.